The zero-order valence-electron chi connectivity index (χ0n) is 11.8. The SMILES string of the molecule is CCOc1ccccc1C1C(N)CC(=O)N1C(C)C. The van der Waals surface area contributed by atoms with Gasteiger partial charge in [-0.15, -0.1) is 0 Å². The summed E-state index contributed by atoms with van der Waals surface area (Å²) in [4.78, 5) is 14.0. The average Bonchev–Trinajstić information content (AvgIpc) is 2.65. The molecule has 1 aromatic carbocycles. The van der Waals surface area contributed by atoms with Crippen molar-refractivity contribution in [3.63, 3.8) is 0 Å². The van der Waals surface area contributed by atoms with Crippen LogP contribution in [0.3, 0.4) is 0 Å². The summed E-state index contributed by atoms with van der Waals surface area (Å²) < 4.78 is 5.67. The van der Waals surface area contributed by atoms with E-state index < -0.39 is 0 Å². The summed E-state index contributed by atoms with van der Waals surface area (Å²) in [6, 6.07) is 7.73. The summed E-state index contributed by atoms with van der Waals surface area (Å²) in [5, 5.41) is 0. The Hall–Kier alpha value is -1.55. The Kier molecular flexibility index (Phi) is 4.10. The van der Waals surface area contributed by atoms with E-state index in [1.807, 2.05) is 49.9 Å². The van der Waals surface area contributed by atoms with E-state index >= 15 is 0 Å². The van der Waals surface area contributed by atoms with E-state index in [2.05, 4.69) is 0 Å². The molecule has 0 saturated carbocycles. The lowest BCUT2D eigenvalue weighted by Crippen LogP contribution is -2.37. The van der Waals surface area contributed by atoms with Gasteiger partial charge in [0.25, 0.3) is 0 Å². The third-order valence-electron chi connectivity index (χ3n) is 3.50. The van der Waals surface area contributed by atoms with Gasteiger partial charge in [-0.25, -0.2) is 0 Å². The molecule has 2 N–H and O–H groups in total. The number of carbonyl (C=O) groups excluding carboxylic acids is 1. The molecular weight excluding hydrogens is 240 g/mol. The maximum absolute atomic E-state index is 12.1. The molecule has 1 saturated heterocycles. The molecule has 0 aromatic heterocycles. The Morgan fingerprint density at radius 3 is 2.74 bits per heavy atom. The van der Waals surface area contributed by atoms with Crippen molar-refractivity contribution in [2.24, 2.45) is 5.73 Å². The van der Waals surface area contributed by atoms with Crippen molar-refractivity contribution in [3.8, 4) is 5.75 Å². The summed E-state index contributed by atoms with van der Waals surface area (Å²) in [7, 11) is 0. The summed E-state index contributed by atoms with van der Waals surface area (Å²) in [5.74, 6) is 0.949. The van der Waals surface area contributed by atoms with Gasteiger partial charge >= 0.3 is 0 Å². The number of carbonyl (C=O) groups is 1. The minimum Gasteiger partial charge on any atom is -0.494 e. The smallest absolute Gasteiger partial charge is 0.225 e. The zero-order valence-corrected chi connectivity index (χ0v) is 11.8. The molecule has 19 heavy (non-hydrogen) atoms. The molecule has 1 aromatic rings. The van der Waals surface area contributed by atoms with E-state index in [4.69, 9.17) is 10.5 Å². The first kappa shape index (κ1) is 13.9. The van der Waals surface area contributed by atoms with Gasteiger partial charge in [-0.05, 0) is 26.8 Å². The van der Waals surface area contributed by atoms with Crippen molar-refractivity contribution < 1.29 is 9.53 Å². The first-order chi connectivity index (χ1) is 9.06. The molecule has 2 unspecified atom stereocenters. The number of benzene rings is 1. The van der Waals surface area contributed by atoms with Crippen molar-refractivity contribution in [1.82, 2.24) is 4.90 Å². The molecule has 4 nitrogen and oxygen atoms in total. The third-order valence-corrected chi connectivity index (χ3v) is 3.50. The van der Waals surface area contributed by atoms with Gasteiger partial charge in [-0.2, -0.15) is 0 Å². The Morgan fingerprint density at radius 2 is 2.11 bits per heavy atom. The predicted octanol–water partition coefficient (Wildman–Crippen LogP) is 2.09. The van der Waals surface area contributed by atoms with Gasteiger partial charge in [0.2, 0.25) is 5.91 Å². The molecule has 0 spiro atoms. The van der Waals surface area contributed by atoms with Crippen molar-refractivity contribution in [3.05, 3.63) is 29.8 Å². The van der Waals surface area contributed by atoms with E-state index in [0.717, 1.165) is 11.3 Å². The predicted molar refractivity (Wildman–Crippen MR) is 74.9 cm³/mol. The number of rotatable bonds is 4. The Bertz CT molecular complexity index is 459. The lowest BCUT2D eigenvalue weighted by atomic mass is 9.99. The number of hydrogen-bond acceptors (Lipinski definition) is 3. The first-order valence-electron chi connectivity index (χ1n) is 6.84. The zero-order chi connectivity index (χ0) is 14.0. The van der Waals surface area contributed by atoms with E-state index in [-0.39, 0.29) is 24.0 Å². The van der Waals surface area contributed by atoms with Crippen LogP contribution in [0.1, 0.15) is 38.8 Å². The summed E-state index contributed by atoms with van der Waals surface area (Å²) in [5.41, 5.74) is 7.19. The normalized spacial score (nSPS) is 23.2. The van der Waals surface area contributed by atoms with Crippen LogP contribution in [0.15, 0.2) is 24.3 Å². The van der Waals surface area contributed by atoms with Crippen LogP contribution in [0.4, 0.5) is 0 Å². The molecule has 1 amide bonds. The molecular formula is C15H22N2O2. The summed E-state index contributed by atoms with van der Waals surface area (Å²) in [6.07, 6.45) is 0.406. The van der Waals surface area contributed by atoms with Gasteiger partial charge in [0.15, 0.2) is 0 Å². The van der Waals surface area contributed by atoms with Crippen LogP contribution in [0.2, 0.25) is 0 Å². The summed E-state index contributed by atoms with van der Waals surface area (Å²) >= 11 is 0. The van der Waals surface area contributed by atoms with Gasteiger partial charge < -0.3 is 15.4 Å². The molecule has 2 atom stereocenters. The Balaban J connectivity index is 2.41. The second-order valence-electron chi connectivity index (χ2n) is 5.18. The maximum atomic E-state index is 12.1. The topological polar surface area (TPSA) is 55.6 Å². The van der Waals surface area contributed by atoms with E-state index in [1.54, 1.807) is 0 Å². The average molecular weight is 262 g/mol. The Labute approximate surface area is 114 Å². The number of para-hydroxylation sites is 1. The van der Waals surface area contributed by atoms with Crippen molar-refractivity contribution in [2.75, 3.05) is 6.61 Å². The molecule has 0 bridgehead atoms. The molecule has 0 radical (unpaired) electrons. The standard InChI is InChI=1S/C15H22N2O2/c1-4-19-13-8-6-5-7-11(13)15-12(16)9-14(18)17(15)10(2)3/h5-8,10,12,15H,4,9,16H2,1-3H3. The number of hydrogen-bond donors (Lipinski definition) is 1. The quantitative estimate of drug-likeness (QED) is 0.904. The number of nitrogens with two attached hydrogens (primary N) is 1. The number of amides is 1. The van der Waals surface area contributed by atoms with Crippen LogP contribution >= 0.6 is 0 Å². The lowest BCUT2D eigenvalue weighted by Gasteiger charge is -2.31. The van der Waals surface area contributed by atoms with Crippen LogP contribution in [-0.2, 0) is 4.79 Å². The van der Waals surface area contributed by atoms with Crippen molar-refractivity contribution in [2.45, 2.75) is 45.3 Å². The number of ether oxygens (including phenoxy) is 1. The third kappa shape index (κ3) is 2.59. The molecule has 1 fully saturated rings. The molecule has 0 aliphatic carbocycles. The highest BCUT2D eigenvalue weighted by atomic mass is 16.5. The fourth-order valence-electron chi connectivity index (χ4n) is 2.78. The molecule has 1 heterocycles. The lowest BCUT2D eigenvalue weighted by molar-refractivity contribution is -0.130. The maximum Gasteiger partial charge on any atom is 0.225 e. The second kappa shape index (κ2) is 5.61. The van der Waals surface area contributed by atoms with E-state index in [0.29, 0.717) is 13.0 Å². The van der Waals surface area contributed by atoms with Crippen LogP contribution in [0.5, 0.6) is 5.75 Å². The minimum absolute atomic E-state index is 0.0877. The Morgan fingerprint density at radius 1 is 1.42 bits per heavy atom. The molecule has 104 valence electrons. The van der Waals surface area contributed by atoms with Crippen LogP contribution in [0, 0.1) is 0 Å². The highest BCUT2D eigenvalue weighted by Gasteiger charge is 2.41. The first-order valence-corrected chi connectivity index (χ1v) is 6.84. The van der Waals surface area contributed by atoms with Gasteiger partial charge in [-0.1, -0.05) is 18.2 Å². The van der Waals surface area contributed by atoms with Gasteiger partial charge in [0.1, 0.15) is 5.75 Å². The molecule has 1 aliphatic rings. The highest BCUT2D eigenvalue weighted by Crippen LogP contribution is 2.38. The largest absolute Gasteiger partial charge is 0.494 e. The van der Waals surface area contributed by atoms with Gasteiger partial charge in [0.05, 0.1) is 12.6 Å². The number of nitrogens with zero attached hydrogens (tertiary/aromatic N) is 1. The monoisotopic (exact) mass is 262 g/mol. The van der Waals surface area contributed by atoms with E-state index in [9.17, 15) is 4.79 Å². The van der Waals surface area contributed by atoms with Gasteiger partial charge in [0, 0.05) is 24.1 Å². The minimum atomic E-state index is -0.170. The fourth-order valence-corrected chi connectivity index (χ4v) is 2.78. The van der Waals surface area contributed by atoms with Crippen LogP contribution < -0.4 is 10.5 Å². The van der Waals surface area contributed by atoms with Crippen molar-refractivity contribution in [1.29, 1.82) is 0 Å². The molecule has 1 aliphatic heterocycles. The fraction of sp³-hybridized carbons (Fsp3) is 0.533. The number of likely N-dealkylation sites (tertiary alicyclic amines) is 1. The second-order valence-corrected chi connectivity index (χ2v) is 5.18. The van der Waals surface area contributed by atoms with Crippen LogP contribution in [0.25, 0.3) is 0 Å². The molecule has 4 heteroatoms. The highest BCUT2D eigenvalue weighted by molar-refractivity contribution is 5.81. The summed E-state index contributed by atoms with van der Waals surface area (Å²) in [6.45, 7) is 6.60. The van der Waals surface area contributed by atoms with E-state index in [1.165, 1.54) is 0 Å². The molecule has 2 rings (SSSR count). The van der Waals surface area contributed by atoms with Gasteiger partial charge in [-0.3, -0.25) is 4.79 Å². The van der Waals surface area contributed by atoms with Crippen molar-refractivity contribution >= 4 is 5.91 Å². The van der Waals surface area contributed by atoms with Crippen LogP contribution in [-0.4, -0.2) is 29.5 Å².